The summed E-state index contributed by atoms with van der Waals surface area (Å²) in [5.74, 6) is 6.19. The zero-order chi connectivity index (χ0) is 20.1. The molecule has 0 aliphatic carbocycles. The molecule has 3 heteroatoms. The van der Waals surface area contributed by atoms with E-state index in [0.29, 0.717) is 0 Å². The lowest BCUT2D eigenvalue weighted by molar-refractivity contribution is 0.613. The summed E-state index contributed by atoms with van der Waals surface area (Å²) in [6, 6.07) is 0. The molecule has 0 aliphatic rings. The lowest BCUT2D eigenvalue weighted by atomic mass is 10.1. The Morgan fingerprint density at radius 1 is 0.444 bits per heavy atom. The van der Waals surface area contributed by atoms with Gasteiger partial charge in [0.05, 0.1) is 25.9 Å². The molecule has 0 unspecified atom stereocenters. The molecule has 0 aromatic heterocycles. The average Bonchev–Trinajstić information content (AvgIpc) is 2.69. The SMILES string of the molecule is CCCCCCCC[P+](CCCCCCCC)(CCCCCCCC)NN. The Labute approximate surface area is 173 Å². The van der Waals surface area contributed by atoms with Gasteiger partial charge in [0.15, 0.2) is 0 Å². The van der Waals surface area contributed by atoms with E-state index >= 15 is 0 Å². The Kier molecular flexibility index (Phi) is 21.3. The van der Waals surface area contributed by atoms with Crippen molar-refractivity contribution < 1.29 is 0 Å². The molecular weight excluding hydrogens is 347 g/mol. The molecule has 164 valence electrons. The summed E-state index contributed by atoms with van der Waals surface area (Å²) in [5.41, 5.74) is 0. The molecule has 0 fully saturated rings. The third-order valence-corrected chi connectivity index (χ3v) is 10.2. The monoisotopic (exact) mass is 401 g/mol. The van der Waals surface area contributed by atoms with Crippen molar-refractivity contribution in [2.75, 3.05) is 18.5 Å². The quantitative estimate of drug-likeness (QED) is 0.0826. The number of nitrogens with one attached hydrogen (secondary N) is 1. The van der Waals surface area contributed by atoms with Gasteiger partial charge in [0, 0.05) is 0 Å². The smallest absolute Gasteiger partial charge is 0.0968 e. The van der Waals surface area contributed by atoms with E-state index in [4.69, 9.17) is 5.84 Å². The van der Waals surface area contributed by atoms with E-state index in [1.807, 2.05) is 0 Å². The van der Waals surface area contributed by atoms with Crippen LogP contribution in [-0.2, 0) is 0 Å². The van der Waals surface area contributed by atoms with Gasteiger partial charge in [-0.15, -0.1) is 5.20 Å². The van der Waals surface area contributed by atoms with Gasteiger partial charge in [0.25, 0.3) is 0 Å². The van der Waals surface area contributed by atoms with Crippen LogP contribution in [-0.4, -0.2) is 18.5 Å². The Bertz CT molecular complexity index is 243. The van der Waals surface area contributed by atoms with E-state index < -0.39 is 7.41 Å². The second kappa shape index (κ2) is 21.1. The van der Waals surface area contributed by atoms with Gasteiger partial charge >= 0.3 is 0 Å². The maximum Gasteiger partial charge on any atom is 0.0968 e. The molecule has 2 nitrogen and oxygen atoms in total. The van der Waals surface area contributed by atoms with Gasteiger partial charge in [-0.2, -0.15) is 0 Å². The Hall–Kier alpha value is 0.350. The van der Waals surface area contributed by atoms with Crippen LogP contribution in [0.2, 0.25) is 0 Å². The third kappa shape index (κ3) is 17.0. The van der Waals surface area contributed by atoms with Crippen LogP contribution in [0.5, 0.6) is 0 Å². The number of hydrazine groups is 1. The van der Waals surface area contributed by atoms with Gasteiger partial charge in [-0.3, -0.25) is 0 Å². The maximum atomic E-state index is 6.19. The maximum absolute atomic E-state index is 6.19. The second-order valence-electron chi connectivity index (χ2n) is 8.75. The Morgan fingerprint density at radius 3 is 0.963 bits per heavy atom. The van der Waals surface area contributed by atoms with Crippen molar-refractivity contribution in [3.8, 4) is 0 Å². The molecule has 0 spiro atoms. The van der Waals surface area contributed by atoms with E-state index in [2.05, 4.69) is 26.0 Å². The first-order valence-corrected chi connectivity index (χ1v) is 14.9. The fraction of sp³-hybridized carbons (Fsp3) is 1.00. The molecule has 0 radical (unpaired) electrons. The van der Waals surface area contributed by atoms with E-state index in [1.54, 1.807) is 0 Å². The largest absolute Gasteiger partial charge is 0.240 e. The van der Waals surface area contributed by atoms with E-state index in [0.717, 1.165) is 0 Å². The highest BCUT2D eigenvalue weighted by Crippen LogP contribution is 2.56. The van der Waals surface area contributed by atoms with Crippen LogP contribution in [0.25, 0.3) is 0 Å². The van der Waals surface area contributed by atoms with Crippen molar-refractivity contribution in [1.29, 1.82) is 0 Å². The molecule has 0 saturated carbocycles. The first kappa shape index (κ1) is 27.4. The lowest BCUT2D eigenvalue weighted by Gasteiger charge is -2.26. The average molecular weight is 402 g/mol. The highest BCUT2D eigenvalue weighted by atomic mass is 31.2. The van der Waals surface area contributed by atoms with E-state index in [1.165, 1.54) is 134 Å². The number of hydrogen-bond donors (Lipinski definition) is 2. The summed E-state index contributed by atoms with van der Waals surface area (Å²) in [6.07, 6.45) is 29.4. The van der Waals surface area contributed by atoms with E-state index in [-0.39, 0.29) is 0 Å². The second-order valence-corrected chi connectivity index (χ2v) is 12.6. The lowest BCUT2D eigenvalue weighted by Crippen LogP contribution is -2.29. The van der Waals surface area contributed by atoms with Gasteiger partial charge in [0.1, 0.15) is 0 Å². The van der Waals surface area contributed by atoms with Gasteiger partial charge in [-0.1, -0.05) is 97.8 Å². The molecule has 0 atom stereocenters. The summed E-state index contributed by atoms with van der Waals surface area (Å²) >= 11 is 0. The summed E-state index contributed by atoms with van der Waals surface area (Å²) in [7, 11) is -1.12. The van der Waals surface area contributed by atoms with Crippen molar-refractivity contribution in [2.24, 2.45) is 5.84 Å². The van der Waals surface area contributed by atoms with Crippen LogP contribution in [0.3, 0.4) is 0 Å². The highest BCUT2D eigenvalue weighted by Gasteiger charge is 2.34. The minimum Gasteiger partial charge on any atom is -0.240 e. The summed E-state index contributed by atoms with van der Waals surface area (Å²) in [4.78, 5) is 0. The molecule has 0 bridgehead atoms. The van der Waals surface area contributed by atoms with Crippen LogP contribution in [0.4, 0.5) is 0 Å². The van der Waals surface area contributed by atoms with Crippen molar-refractivity contribution in [3.63, 3.8) is 0 Å². The molecule has 0 aromatic carbocycles. The molecule has 0 heterocycles. The zero-order valence-corrected chi connectivity index (χ0v) is 20.3. The fourth-order valence-corrected chi connectivity index (χ4v) is 7.66. The zero-order valence-electron chi connectivity index (χ0n) is 19.4. The molecule has 0 amide bonds. The highest BCUT2D eigenvalue weighted by molar-refractivity contribution is 7.73. The Morgan fingerprint density at radius 2 is 0.704 bits per heavy atom. The van der Waals surface area contributed by atoms with Crippen molar-refractivity contribution >= 4 is 7.41 Å². The van der Waals surface area contributed by atoms with Crippen LogP contribution in [0, 0.1) is 0 Å². The predicted octanol–water partition coefficient (Wildman–Crippen LogP) is 8.46. The van der Waals surface area contributed by atoms with Gasteiger partial charge in [-0.25, -0.2) is 5.84 Å². The molecule has 0 saturated heterocycles. The number of rotatable bonds is 22. The molecule has 0 aromatic rings. The third-order valence-electron chi connectivity index (χ3n) is 6.09. The number of nitrogens with two attached hydrogens (primary N) is 1. The number of hydrogen-bond acceptors (Lipinski definition) is 2. The normalized spacial score (nSPS) is 12.0. The van der Waals surface area contributed by atoms with Crippen LogP contribution >= 0.6 is 7.41 Å². The van der Waals surface area contributed by atoms with Crippen LogP contribution in [0.1, 0.15) is 136 Å². The predicted molar refractivity (Wildman–Crippen MR) is 129 cm³/mol. The molecule has 0 rings (SSSR count). The number of unbranched alkanes of at least 4 members (excludes halogenated alkanes) is 15. The summed E-state index contributed by atoms with van der Waals surface area (Å²) in [5, 5.41) is 3.43. The topological polar surface area (TPSA) is 38.0 Å². The standard InChI is InChI=1S/C24H54N2P/c1-4-7-10-13-16-19-22-27(26-25,23-20-17-14-11-8-5-2)24-21-18-15-12-9-6-3/h26H,4-25H2,1-3H3/q+1. The van der Waals surface area contributed by atoms with Gasteiger partial charge in [0.2, 0.25) is 0 Å². The van der Waals surface area contributed by atoms with Crippen molar-refractivity contribution in [2.45, 2.75) is 136 Å². The molecular formula is C24H54N2P+. The fourth-order valence-electron chi connectivity index (χ4n) is 4.11. The molecule has 27 heavy (non-hydrogen) atoms. The Balaban J connectivity index is 4.23. The minimum absolute atomic E-state index is 1.12. The summed E-state index contributed by atoms with van der Waals surface area (Å²) < 4.78 is 0. The molecule has 3 N–H and O–H groups in total. The minimum atomic E-state index is -1.12. The van der Waals surface area contributed by atoms with Crippen LogP contribution in [0.15, 0.2) is 0 Å². The first-order chi connectivity index (χ1) is 13.2. The summed E-state index contributed by atoms with van der Waals surface area (Å²) in [6.45, 7) is 6.90. The van der Waals surface area contributed by atoms with Gasteiger partial charge in [-0.05, 0) is 38.5 Å². The van der Waals surface area contributed by atoms with Crippen molar-refractivity contribution in [1.82, 2.24) is 5.20 Å². The first-order valence-electron chi connectivity index (χ1n) is 12.6. The van der Waals surface area contributed by atoms with Crippen LogP contribution < -0.4 is 11.0 Å². The van der Waals surface area contributed by atoms with Gasteiger partial charge < -0.3 is 0 Å². The van der Waals surface area contributed by atoms with Crippen molar-refractivity contribution in [3.05, 3.63) is 0 Å². The van der Waals surface area contributed by atoms with E-state index in [9.17, 15) is 0 Å². The molecule has 0 aliphatic heterocycles.